The van der Waals surface area contributed by atoms with Crippen molar-refractivity contribution in [3.63, 3.8) is 0 Å². The summed E-state index contributed by atoms with van der Waals surface area (Å²) >= 11 is 0. The van der Waals surface area contributed by atoms with Crippen LogP contribution < -0.4 is 0 Å². The molecule has 1 aliphatic carbocycles. The first-order valence-electron chi connectivity index (χ1n) is 4.90. The fourth-order valence-corrected chi connectivity index (χ4v) is 1.48. The van der Waals surface area contributed by atoms with Gasteiger partial charge in [0.2, 0.25) is 0 Å². The van der Waals surface area contributed by atoms with Gasteiger partial charge in [-0.3, -0.25) is 4.79 Å². The van der Waals surface area contributed by atoms with Crippen molar-refractivity contribution in [3.05, 3.63) is 12.2 Å². The number of carbonyl (C=O) groups excluding carboxylic acids is 1. The van der Waals surface area contributed by atoms with Crippen LogP contribution in [0.3, 0.4) is 0 Å². The van der Waals surface area contributed by atoms with E-state index in [-0.39, 0.29) is 23.8 Å². The van der Waals surface area contributed by atoms with Crippen molar-refractivity contribution in [2.75, 3.05) is 0 Å². The zero-order valence-corrected chi connectivity index (χ0v) is 9.24. The van der Waals surface area contributed by atoms with E-state index in [0.29, 0.717) is 0 Å². The Kier molecular flexibility index (Phi) is 3.32. The first kappa shape index (κ1) is 11.2. The Morgan fingerprint density at radius 3 is 2.36 bits per heavy atom. The van der Waals surface area contributed by atoms with E-state index in [1.165, 1.54) is 6.92 Å². The lowest BCUT2D eigenvalue weighted by Crippen LogP contribution is -2.26. The summed E-state index contributed by atoms with van der Waals surface area (Å²) in [5.41, 5.74) is -0.153. The van der Waals surface area contributed by atoms with Crippen LogP contribution in [0.4, 0.5) is 0 Å². The van der Waals surface area contributed by atoms with Gasteiger partial charge in [-0.2, -0.15) is 0 Å². The lowest BCUT2D eigenvalue weighted by atomic mass is 10.1. The Bertz CT molecular complexity index is 237. The quantitative estimate of drug-likeness (QED) is 0.503. The lowest BCUT2D eigenvalue weighted by Gasteiger charge is -2.24. The molecule has 0 radical (unpaired) electrons. The molecular formula is C11H18O3. The Morgan fingerprint density at radius 2 is 1.86 bits per heavy atom. The lowest BCUT2D eigenvalue weighted by molar-refractivity contribution is -0.145. The van der Waals surface area contributed by atoms with Crippen LogP contribution >= 0.6 is 0 Å². The fraction of sp³-hybridized carbons (Fsp3) is 0.727. The van der Waals surface area contributed by atoms with Crippen LogP contribution in [0.1, 0.15) is 34.1 Å². The van der Waals surface area contributed by atoms with Gasteiger partial charge >= 0.3 is 5.97 Å². The Hall–Kier alpha value is -0.830. The van der Waals surface area contributed by atoms with E-state index < -0.39 is 0 Å². The van der Waals surface area contributed by atoms with Crippen LogP contribution in [0.25, 0.3) is 0 Å². The van der Waals surface area contributed by atoms with Gasteiger partial charge in [0, 0.05) is 13.3 Å². The highest BCUT2D eigenvalue weighted by atomic mass is 16.5. The SMILES string of the molecule is CC(=O)O[C@@H]1C=C[C@H](OC(C)(C)C)C1. The van der Waals surface area contributed by atoms with Gasteiger partial charge in [-0.05, 0) is 26.8 Å². The highest BCUT2D eigenvalue weighted by Crippen LogP contribution is 2.22. The van der Waals surface area contributed by atoms with Crippen molar-refractivity contribution < 1.29 is 14.3 Å². The summed E-state index contributed by atoms with van der Waals surface area (Å²) in [7, 11) is 0. The molecule has 0 aromatic rings. The largest absolute Gasteiger partial charge is 0.458 e. The number of carbonyl (C=O) groups is 1. The van der Waals surface area contributed by atoms with Crippen LogP contribution in [-0.4, -0.2) is 23.8 Å². The Balaban J connectivity index is 2.36. The standard InChI is InChI=1S/C11H18O3/c1-8(12)13-9-5-6-10(7-9)14-11(2,3)4/h5-6,9-10H,7H2,1-4H3/t9-,10+/m1/s1. The molecule has 0 unspecified atom stereocenters. The second-order valence-corrected chi connectivity index (χ2v) is 4.54. The average molecular weight is 198 g/mol. The third-order valence-corrected chi connectivity index (χ3v) is 1.83. The van der Waals surface area contributed by atoms with E-state index in [4.69, 9.17) is 9.47 Å². The van der Waals surface area contributed by atoms with Crippen LogP contribution in [0.5, 0.6) is 0 Å². The molecule has 0 bridgehead atoms. The molecule has 80 valence electrons. The molecule has 0 saturated heterocycles. The highest BCUT2D eigenvalue weighted by molar-refractivity contribution is 5.66. The Morgan fingerprint density at radius 1 is 1.29 bits per heavy atom. The number of hydrogen-bond donors (Lipinski definition) is 0. The van der Waals surface area contributed by atoms with E-state index in [9.17, 15) is 4.79 Å². The van der Waals surface area contributed by atoms with Gasteiger partial charge in [0.25, 0.3) is 0 Å². The van der Waals surface area contributed by atoms with Gasteiger partial charge < -0.3 is 9.47 Å². The maximum absolute atomic E-state index is 10.7. The van der Waals surface area contributed by atoms with E-state index in [2.05, 4.69) is 0 Å². The molecule has 0 aromatic carbocycles. The summed E-state index contributed by atoms with van der Waals surface area (Å²) in [6.45, 7) is 7.46. The molecule has 0 amide bonds. The Labute approximate surface area is 85.1 Å². The van der Waals surface area contributed by atoms with E-state index >= 15 is 0 Å². The number of esters is 1. The zero-order valence-electron chi connectivity index (χ0n) is 9.24. The topological polar surface area (TPSA) is 35.5 Å². The molecule has 0 N–H and O–H groups in total. The van der Waals surface area contributed by atoms with Crippen molar-refractivity contribution in [1.29, 1.82) is 0 Å². The van der Waals surface area contributed by atoms with Gasteiger partial charge in [-0.15, -0.1) is 0 Å². The second kappa shape index (κ2) is 4.13. The first-order chi connectivity index (χ1) is 6.37. The van der Waals surface area contributed by atoms with Crippen molar-refractivity contribution in [2.24, 2.45) is 0 Å². The summed E-state index contributed by atoms with van der Waals surface area (Å²) in [6, 6.07) is 0. The van der Waals surface area contributed by atoms with E-state index in [1.807, 2.05) is 32.9 Å². The molecule has 1 aliphatic rings. The molecule has 0 spiro atoms. The van der Waals surface area contributed by atoms with Gasteiger partial charge in [-0.25, -0.2) is 0 Å². The molecule has 1 rings (SSSR count). The van der Waals surface area contributed by atoms with Crippen LogP contribution in [0.15, 0.2) is 12.2 Å². The minimum Gasteiger partial charge on any atom is -0.458 e. The molecule has 0 aliphatic heterocycles. The smallest absolute Gasteiger partial charge is 0.303 e. The molecular weight excluding hydrogens is 180 g/mol. The molecule has 0 saturated carbocycles. The van der Waals surface area contributed by atoms with Crippen molar-refractivity contribution in [1.82, 2.24) is 0 Å². The molecule has 0 heterocycles. The van der Waals surface area contributed by atoms with Crippen molar-refractivity contribution >= 4 is 5.97 Å². The number of ether oxygens (including phenoxy) is 2. The normalized spacial score (nSPS) is 26.6. The van der Waals surface area contributed by atoms with E-state index in [0.717, 1.165) is 6.42 Å². The zero-order chi connectivity index (χ0) is 10.8. The summed E-state index contributed by atoms with van der Waals surface area (Å²) in [6.07, 6.45) is 4.53. The average Bonchev–Trinajstić information content (AvgIpc) is 2.30. The van der Waals surface area contributed by atoms with Crippen LogP contribution in [0, 0.1) is 0 Å². The minimum absolute atomic E-state index is 0.0688. The molecule has 0 aromatic heterocycles. The molecule has 2 atom stereocenters. The summed E-state index contributed by atoms with van der Waals surface area (Å²) in [4.78, 5) is 10.7. The van der Waals surface area contributed by atoms with Gasteiger partial charge in [0.1, 0.15) is 6.10 Å². The predicted octanol–water partition coefficient (Wildman–Crippen LogP) is 2.06. The van der Waals surface area contributed by atoms with Crippen molar-refractivity contribution in [2.45, 2.75) is 51.9 Å². The maximum atomic E-state index is 10.7. The molecule has 14 heavy (non-hydrogen) atoms. The summed E-state index contributed by atoms with van der Waals surface area (Å²) in [5.74, 6) is -0.240. The van der Waals surface area contributed by atoms with Crippen LogP contribution in [-0.2, 0) is 14.3 Å². The third kappa shape index (κ3) is 3.92. The van der Waals surface area contributed by atoms with E-state index in [1.54, 1.807) is 0 Å². The van der Waals surface area contributed by atoms with Gasteiger partial charge in [0.05, 0.1) is 11.7 Å². The van der Waals surface area contributed by atoms with Gasteiger partial charge in [0.15, 0.2) is 0 Å². The van der Waals surface area contributed by atoms with Crippen molar-refractivity contribution in [3.8, 4) is 0 Å². The molecule has 0 fully saturated rings. The minimum atomic E-state index is -0.240. The fourth-order valence-electron chi connectivity index (χ4n) is 1.48. The number of rotatable bonds is 2. The first-order valence-corrected chi connectivity index (χ1v) is 4.90. The summed E-state index contributed by atoms with van der Waals surface area (Å²) in [5, 5.41) is 0. The molecule has 3 heteroatoms. The van der Waals surface area contributed by atoms with Gasteiger partial charge in [-0.1, -0.05) is 6.08 Å². The second-order valence-electron chi connectivity index (χ2n) is 4.54. The maximum Gasteiger partial charge on any atom is 0.303 e. The van der Waals surface area contributed by atoms with Crippen LogP contribution in [0.2, 0.25) is 0 Å². The predicted molar refractivity (Wildman–Crippen MR) is 53.9 cm³/mol. The molecule has 3 nitrogen and oxygen atoms in total. The monoisotopic (exact) mass is 198 g/mol. The number of hydrogen-bond acceptors (Lipinski definition) is 3. The summed E-state index contributed by atoms with van der Waals surface area (Å²) < 4.78 is 10.8. The highest BCUT2D eigenvalue weighted by Gasteiger charge is 2.25. The third-order valence-electron chi connectivity index (χ3n) is 1.83.